The Morgan fingerprint density at radius 2 is 2.36 bits per heavy atom. The summed E-state index contributed by atoms with van der Waals surface area (Å²) in [5.41, 5.74) is 1.20. The van der Waals surface area contributed by atoms with E-state index in [0.717, 1.165) is 12.8 Å². The van der Waals surface area contributed by atoms with Crippen LogP contribution in [0.4, 0.5) is 4.79 Å². The third-order valence-corrected chi connectivity index (χ3v) is 2.08. The average molecular weight is 196 g/mol. The lowest BCUT2D eigenvalue weighted by atomic mass is 10.0. The van der Waals surface area contributed by atoms with Crippen LogP contribution in [0.1, 0.15) is 25.7 Å². The lowest BCUT2D eigenvalue weighted by molar-refractivity contribution is 0.0692. The maximum atomic E-state index is 10.9. The van der Waals surface area contributed by atoms with Gasteiger partial charge in [0.2, 0.25) is 0 Å². The van der Waals surface area contributed by atoms with Gasteiger partial charge in [0.1, 0.15) is 13.2 Å². The van der Waals surface area contributed by atoms with Crippen LogP contribution in [0.2, 0.25) is 0 Å². The molecule has 0 bridgehead atoms. The normalized spacial score (nSPS) is 15.6. The summed E-state index contributed by atoms with van der Waals surface area (Å²) < 4.78 is 9.58. The molecule has 0 atom stereocenters. The minimum absolute atomic E-state index is 0.206. The fourth-order valence-corrected chi connectivity index (χ4v) is 1.36. The Kier molecular flexibility index (Phi) is 4.83. The smallest absolute Gasteiger partial charge is 0.430 e. The third-order valence-electron chi connectivity index (χ3n) is 2.08. The van der Waals surface area contributed by atoms with Gasteiger partial charge in [-0.3, -0.25) is 0 Å². The van der Waals surface area contributed by atoms with Crippen LogP contribution in [0.15, 0.2) is 24.3 Å². The van der Waals surface area contributed by atoms with Crippen LogP contribution in [0.25, 0.3) is 0 Å². The zero-order valence-corrected chi connectivity index (χ0v) is 8.33. The molecule has 1 rings (SSSR count). The first-order valence-corrected chi connectivity index (χ1v) is 4.91. The van der Waals surface area contributed by atoms with Crippen molar-refractivity contribution in [1.82, 2.24) is 0 Å². The summed E-state index contributed by atoms with van der Waals surface area (Å²) in [7, 11) is 0. The van der Waals surface area contributed by atoms with E-state index in [0.29, 0.717) is 6.61 Å². The van der Waals surface area contributed by atoms with E-state index in [1.807, 2.05) is 0 Å². The third kappa shape index (κ3) is 4.12. The number of carbonyl (C=O) groups is 1. The van der Waals surface area contributed by atoms with Crippen molar-refractivity contribution in [2.24, 2.45) is 0 Å². The highest BCUT2D eigenvalue weighted by Gasteiger charge is 2.07. The number of hydrogen-bond acceptors (Lipinski definition) is 3. The van der Waals surface area contributed by atoms with Crippen LogP contribution in [0.3, 0.4) is 0 Å². The highest BCUT2D eigenvalue weighted by atomic mass is 16.7. The Bertz CT molecular complexity index is 231. The molecule has 0 saturated heterocycles. The molecule has 78 valence electrons. The van der Waals surface area contributed by atoms with Crippen molar-refractivity contribution in [3.63, 3.8) is 0 Å². The molecule has 0 heterocycles. The van der Waals surface area contributed by atoms with E-state index < -0.39 is 6.16 Å². The number of carbonyl (C=O) groups excluding carboxylic acids is 1. The minimum atomic E-state index is -0.614. The van der Waals surface area contributed by atoms with E-state index >= 15 is 0 Å². The van der Waals surface area contributed by atoms with Crippen LogP contribution in [0, 0.1) is 0 Å². The molecule has 0 spiro atoms. The maximum Gasteiger partial charge on any atom is 0.508 e. The predicted molar refractivity (Wildman–Crippen MR) is 54.0 cm³/mol. The van der Waals surface area contributed by atoms with E-state index in [9.17, 15) is 4.79 Å². The van der Waals surface area contributed by atoms with E-state index in [1.54, 1.807) is 0 Å². The molecule has 0 radical (unpaired) electrons. The van der Waals surface area contributed by atoms with Crippen LogP contribution in [-0.2, 0) is 9.47 Å². The van der Waals surface area contributed by atoms with Gasteiger partial charge in [-0.2, -0.15) is 0 Å². The summed E-state index contributed by atoms with van der Waals surface area (Å²) in [5.74, 6) is 0. The van der Waals surface area contributed by atoms with E-state index in [-0.39, 0.29) is 6.61 Å². The summed E-state index contributed by atoms with van der Waals surface area (Å²) in [4.78, 5) is 10.9. The first-order chi connectivity index (χ1) is 6.83. The molecule has 3 nitrogen and oxygen atoms in total. The molecular weight excluding hydrogens is 180 g/mol. The van der Waals surface area contributed by atoms with Gasteiger partial charge < -0.3 is 9.47 Å². The lowest BCUT2D eigenvalue weighted by Crippen LogP contribution is -2.10. The van der Waals surface area contributed by atoms with Crippen LogP contribution < -0.4 is 0 Å². The number of allylic oxidation sites excluding steroid dienone is 1. The van der Waals surface area contributed by atoms with Gasteiger partial charge >= 0.3 is 6.16 Å². The first-order valence-electron chi connectivity index (χ1n) is 4.91. The van der Waals surface area contributed by atoms with Gasteiger partial charge in [-0.05, 0) is 31.3 Å². The molecule has 0 N–H and O–H groups in total. The quantitative estimate of drug-likeness (QED) is 0.512. The van der Waals surface area contributed by atoms with Gasteiger partial charge in [-0.15, -0.1) is 0 Å². The predicted octanol–water partition coefficient (Wildman–Crippen LogP) is 2.83. The Labute approximate surface area is 84.4 Å². The topological polar surface area (TPSA) is 35.5 Å². The molecule has 0 aliphatic heterocycles. The van der Waals surface area contributed by atoms with Gasteiger partial charge in [-0.25, -0.2) is 4.79 Å². The molecule has 0 aromatic heterocycles. The molecule has 0 unspecified atom stereocenters. The van der Waals surface area contributed by atoms with Crippen molar-refractivity contribution in [3.05, 3.63) is 24.3 Å². The largest absolute Gasteiger partial charge is 0.508 e. The highest BCUT2D eigenvalue weighted by Crippen LogP contribution is 2.17. The van der Waals surface area contributed by atoms with Crippen LogP contribution in [-0.4, -0.2) is 19.4 Å². The van der Waals surface area contributed by atoms with Crippen LogP contribution in [0.5, 0.6) is 0 Å². The zero-order chi connectivity index (χ0) is 10.2. The van der Waals surface area contributed by atoms with Gasteiger partial charge in [0, 0.05) is 0 Å². The molecule has 1 aliphatic carbocycles. The zero-order valence-electron chi connectivity index (χ0n) is 8.33. The second-order valence-corrected chi connectivity index (χ2v) is 3.25. The van der Waals surface area contributed by atoms with Crippen molar-refractivity contribution in [3.8, 4) is 0 Å². The molecule has 0 amide bonds. The Morgan fingerprint density at radius 3 is 3.00 bits per heavy atom. The van der Waals surface area contributed by atoms with Gasteiger partial charge in [0.15, 0.2) is 0 Å². The van der Waals surface area contributed by atoms with E-state index in [1.165, 1.54) is 24.5 Å². The molecule has 0 aromatic carbocycles. The maximum absolute atomic E-state index is 10.9. The fourth-order valence-electron chi connectivity index (χ4n) is 1.36. The van der Waals surface area contributed by atoms with Gasteiger partial charge in [0.05, 0.1) is 0 Å². The fraction of sp³-hybridized carbons (Fsp3) is 0.545. The second kappa shape index (κ2) is 6.24. The van der Waals surface area contributed by atoms with Crippen molar-refractivity contribution in [2.75, 3.05) is 13.2 Å². The SMILES string of the molecule is C=CCOC(=O)OCC1=CCCCC1. The summed E-state index contributed by atoms with van der Waals surface area (Å²) in [6.07, 6.45) is 7.61. The van der Waals surface area contributed by atoms with Gasteiger partial charge in [0.25, 0.3) is 0 Å². The van der Waals surface area contributed by atoms with E-state index in [4.69, 9.17) is 4.74 Å². The molecule has 3 heteroatoms. The minimum Gasteiger partial charge on any atom is -0.430 e. The number of ether oxygens (including phenoxy) is 2. The first kappa shape index (κ1) is 10.8. The summed E-state index contributed by atoms with van der Waals surface area (Å²) in [6.45, 7) is 4.02. The lowest BCUT2D eigenvalue weighted by Gasteiger charge is -2.12. The molecule has 0 saturated carbocycles. The molecule has 1 aliphatic rings. The molecule has 0 fully saturated rings. The Balaban J connectivity index is 2.15. The molecule has 14 heavy (non-hydrogen) atoms. The average Bonchev–Trinajstić information content (AvgIpc) is 2.25. The summed E-state index contributed by atoms with van der Waals surface area (Å²) in [6, 6.07) is 0. The Hall–Kier alpha value is -1.25. The van der Waals surface area contributed by atoms with Crippen LogP contribution >= 0.6 is 0 Å². The number of hydrogen-bond donors (Lipinski definition) is 0. The van der Waals surface area contributed by atoms with Crippen molar-refractivity contribution in [1.29, 1.82) is 0 Å². The van der Waals surface area contributed by atoms with Crippen molar-refractivity contribution in [2.45, 2.75) is 25.7 Å². The summed E-state index contributed by atoms with van der Waals surface area (Å²) in [5, 5.41) is 0. The van der Waals surface area contributed by atoms with E-state index in [2.05, 4.69) is 17.4 Å². The molecular formula is C11H16O3. The van der Waals surface area contributed by atoms with Crippen molar-refractivity contribution < 1.29 is 14.3 Å². The number of rotatable bonds is 4. The van der Waals surface area contributed by atoms with Gasteiger partial charge in [-0.1, -0.05) is 18.7 Å². The highest BCUT2D eigenvalue weighted by molar-refractivity contribution is 5.60. The second-order valence-electron chi connectivity index (χ2n) is 3.25. The molecule has 0 aromatic rings. The Morgan fingerprint density at radius 1 is 1.50 bits per heavy atom. The monoisotopic (exact) mass is 196 g/mol. The summed E-state index contributed by atoms with van der Waals surface area (Å²) >= 11 is 0. The standard InChI is InChI=1S/C11H16O3/c1-2-8-13-11(12)14-9-10-6-4-3-5-7-10/h2,6H,1,3-5,7-9H2. The van der Waals surface area contributed by atoms with Crippen molar-refractivity contribution >= 4 is 6.16 Å².